The van der Waals surface area contributed by atoms with Gasteiger partial charge in [-0.1, -0.05) is 12.2 Å². The highest BCUT2D eigenvalue weighted by atomic mass is 16.2. The smallest absolute Gasteiger partial charge is 0.237 e. The molecule has 4 heteroatoms. The predicted octanol–water partition coefficient (Wildman–Crippen LogP) is 0.856. The summed E-state index contributed by atoms with van der Waals surface area (Å²) in [6, 6.07) is 0.211. The van der Waals surface area contributed by atoms with Crippen molar-refractivity contribution in [3.63, 3.8) is 0 Å². The number of carbonyl (C=O) groups is 1. The van der Waals surface area contributed by atoms with Gasteiger partial charge in [0.2, 0.25) is 5.91 Å². The number of likely N-dealkylation sites (tertiary alicyclic amines) is 1. The second-order valence-corrected chi connectivity index (χ2v) is 5.02. The van der Waals surface area contributed by atoms with Gasteiger partial charge in [0, 0.05) is 25.7 Å². The summed E-state index contributed by atoms with van der Waals surface area (Å²) >= 11 is 0. The number of rotatable bonds is 7. The zero-order chi connectivity index (χ0) is 13.5. The van der Waals surface area contributed by atoms with Crippen molar-refractivity contribution < 1.29 is 4.79 Å². The summed E-state index contributed by atoms with van der Waals surface area (Å²) in [5.41, 5.74) is 5.90. The zero-order valence-corrected chi connectivity index (χ0v) is 11.3. The van der Waals surface area contributed by atoms with Crippen molar-refractivity contribution in [2.75, 3.05) is 32.7 Å². The van der Waals surface area contributed by atoms with Gasteiger partial charge in [0.1, 0.15) is 0 Å². The summed E-state index contributed by atoms with van der Waals surface area (Å²) in [5.74, 6) is 0.658. The molecule has 0 spiro atoms. The molecular formula is C14H25N3O. The van der Waals surface area contributed by atoms with Crippen LogP contribution in [0.4, 0.5) is 0 Å². The Morgan fingerprint density at radius 3 is 2.56 bits per heavy atom. The first-order valence-electron chi connectivity index (χ1n) is 6.56. The van der Waals surface area contributed by atoms with Crippen molar-refractivity contribution >= 4 is 5.91 Å². The minimum Gasteiger partial charge on any atom is -0.334 e. The third kappa shape index (κ3) is 4.27. The van der Waals surface area contributed by atoms with E-state index in [-0.39, 0.29) is 11.9 Å². The second-order valence-electron chi connectivity index (χ2n) is 5.02. The first-order valence-corrected chi connectivity index (χ1v) is 6.56. The van der Waals surface area contributed by atoms with E-state index in [1.807, 2.05) is 6.92 Å². The predicted molar refractivity (Wildman–Crippen MR) is 75.2 cm³/mol. The van der Waals surface area contributed by atoms with Crippen molar-refractivity contribution in [2.45, 2.75) is 19.4 Å². The van der Waals surface area contributed by atoms with E-state index in [1.165, 1.54) is 0 Å². The normalized spacial score (nSPS) is 21.6. The Hall–Kier alpha value is -1.13. The molecule has 2 atom stereocenters. The lowest BCUT2D eigenvalue weighted by atomic mass is 10.0. The van der Waals surface area contributed by atoms with Gasteiger partial charge in [-0.2, -0.15) is 0 Å². The number of carbonyl (C=O) groups excluding carboxylic acids is 1. The van der Waals surface area contributed by atoms with Gasteiger partial charge < -0.3 is 10.6 Å². The molecule has 0 aromatic carbocycles. The highest BCUT2D eigenvalue weighted by molar-refractivity contribution is 5.78. The zero-order valence-electron chi connectivity index (χ0n) is 11.3. The Kier molecular flexibility index (Phi) is 6.09. The van der Waals surface area contributed by atoms with Crippen LogP contribution < -0.4 is 5.73 Å². The van der Waals surface area contributed by atoms with Crippen molar-refractivity contribution in [2.24, 2.45) is 11.7 Å². The molecule has 0 aromatic heterocycles. The Bertz CT molecular complexity index is 291. The van der Waals surface area contributed by atoms with Crippen LogP contribution in [0.2, 0.25) is 0 Å². The van der Waals surface area contributed by atoms with E-state index in [9.17, 15) is 4.79 Å². The molecule has 1 aliphatic heterocycles. The van der Waals surface area contributed by atoms with Gasteiger partial charge in [-0.05, 0) is 25.8 Å². The highest BCUT2D eigenvalue weighted by Crippen LogP contribution is 2.18. The molecule has 18 heavy (non-hydrogen) atoms. The average molecular weight is 251 g/mol. The minimum absolute atomic E-state index is 0.139. The molecule has 0 saturated carbocycles. The van der Waals surface area contributed by atoms with Gasteiger partial charge in [0.15, 0.2) is 0 Å². The first-order chi connectivity index (χ1) is 8.58. The summed E-state index contributed by atoms with van der Waals surface area (Å²) in [6.45, 7) is 12.9. The quantitative estimate of drug-likeness (QED) is 0.683. The van der Waals surface area contributed by atoms with Crippen LogP contribution in [-0.4, -0.2) is 54.5 Å². The van der Waals surface area contributed by atoms with Gasteiger partial charge in [-0.3, -0.25) is 9.69 Å². The lowest BCUT2D eigenvalue weighted by Gasteiger charge is -2.23. The standard InChI is InChI=1S/C14H25N3O/c1-4-7-17(8-5-2)14(18)11-16-9-6-13(10-16)12(3)15/h4-5,12-13H,1-2,6-11,15H2,3H3. The average Bonchev–Trinajstić information content (AvgIpc) is 2.77. The molecule has 102 valence electrons. The van der Waals surface area contributed by atoms with E-state index in [2.05, 4.69) is 18.1 Å². The summed E-state index contributed by atoms with van der Waals surface area (Å²) in [4.78, 5) is 16.1. The summed E-state index contributed by atoms with van der Waals surface area (Å²) < 4.78 is 0. The van der Waals surface area contributed by atoms with Crippen LogP contribution in [0, 0.1) is 5.92 Å². The molecule has 0 aromatic rings. The number of nitrogens with zero attached hydrogens (tertiary/aromatic N) is 2. The van der Waals surface area contributed by atoms with E-state index in [1.54, 1.807) is 17.1 Å². The molecule has 4 nitrogen and oxygen atoms in total. The molecule has 1 aliphatic rings. The van der Waals surface area contributed by atoms with Crippen LogP contribution in [0.25, 0.3) is 0 Å². The molecule has 1 amide bonds. The molecule has 1 fully saturated rings. The van der Waals surface area contributed by atoms with Crippen molar-refractivity contribution in [1.82, 2.24) is 9.80 Å². The summed E-state index contributed by atoms with van der Waals surface area (Å²) in [7, 11) is 0. The number of amides is 1. The van der Waals surface area contributed by atoms with Crippen LogP contribution in [0.15, 0.2) is 25.3 Å². The van der Waals surface area contributed by atoms with E-state index in [0.717, 1.165) is 19.5 Å². The number of hydrogen-bond donors (Lipinski definition) is 1. The molecule has 1 heterocycles. The monoisotopic (exact) mass is 251 g/mol. The Morgan fingerprint density at radius 1 is 1.50 bits per heavy atom. The maximum atomic E-state index is 12.1. The van der Waals surface area contributed by atoms with Gasteiger partial charge in [-0.25, -0.2) is 0 Å². The van der Waals surface area contributed by atoms with E-state index in [0.29, 0.717) is 25.6 Å². The third-order valence-electron chi connectivity index (χ3n) is 3.46. The lowest BCUT2D eigenvalue weighted by molar-refractivity contribution is -0.131. The van der Waals surface area contributed by atoms with Crippen molar-refractivity contribution in [3.05, 3.63) is 25.3 Å². The fourth-order valence-electron chi connectivity index (χ4n) is 2.32. The van der Waals surface area contributed by atoms with Gasteiger partial charge >= 0.3 is 0 Å². The molecule has 2 N–H and O–H groups in total. The minimum atomic E-state index is 0.139. The maximum absolute atomic E-state index is 12.1. The van der Waals surface area contributed by atoms with Gasteiger partial charge in [-0.15, -0.1) is 13.2 Å². The lowest BCUT2D eigenvalue weighted by Crippen LogP contribution is -2.40. The fourth-order valence-corrected chi connectivity index (χ4v) is 2.32. The Labute approximate surface area is 110 Å². The molecule has 0 radical (unpaired) electrons. The van der Waals surface area contributed by atoms with E-state index in [4.69, 9.17) is 5.73 Å². The van der Waals surface area contributed by atoms with Gasteiger partial charge in [0.25, 0.3) is 0 Å². The van der Waals surface area contributed by atoms with Crippen LogP contribution >= 0.6 is 0 Å². The van der Waals surface area contributed by atoms with Crippen LogP contribution in [-0.2, 0) is 4.79 Å². The van der Waals surface area contributed by atoms with Crippen molar-refractivity contribution in [1.29, 1.82) is 0 Å². The van der Waals surface area contributed by atoms with E-state index < -0.39 is 0 Å². The van der Waals surface area contributed by atoms with E-state index >= 15 is 0 Å². The highest BCUT2D eigenvalue weighted by Gasteiger charge is 2.27. The Balaban J connectivity index is 2.43. The summed E-state index contributed by atoms with van der Waals surface area (Å²) in [5, 5.41) is 0. The van der Waals surface area contributed by atoms with Crippen molar-refractivity contribution in [3.8, 4) is 0 Å². The maximum Gasteiger partial charge on any atom is 0.237 e. The SMILES string of the molecule is C=CCN(CC=C)C(=O)CN1CCC(C(C)N)C1. The fraction of sp³-hybridized carbons (Fsp3) is 0.643. The Morgan fingerprint density at radius 2 is 2.11 bits per heavy atom. The molecule has 1 rings (SSSR count). The van der Waals surface area contributed by atoms with Crippen LogP contribution in [0.5, 0.6) is 0 Å². The van der Waals surface area contributed by atoms with Crippen LogP contribution in [0.1, 0.15) is 13.3 Å². The molecular weight excluding hydrogens is 226 g/mol. The number of hydrogen-bond acceptors (Lipinski definition) is 3. The second kappa shape index (κ2) is 7.34. The third-order valence-corrected chi connectivity index (χ3v) is 3.46. The van der Waals surface area contributed by atoms with Crippen LogP contribution in [0.3, 0.4) is 0 Å². The molecule has 2 unspecified atom stereocenters. The topological polar surface area (TPSA) is 49.6 Å². The largest absolute Gasteiger partial charge is 0.334 e. The molecule has 0 bridgehead atoms. The van der Waals surface area contributed by atoms with Gasteiger partial charge in [0.05, 0.1) is 6.54 Å². The number of nitrogens with two attached hydrogens (primary N) is 1. The summed E-state index contributed by atoms with van der Waals surface area (Å²) in [6.07, 6.45) is 4.58. The molecule has 0 aliphatic carbocycles. The first kappa shape index (κ1) is 14.9. The molecule has 1 saturated heterocycles.